The maximum absolute atomic E-state index is 12.8. The standard InChI is InChI=1S/C22H22N2O3S/c1-16-11-12-21(17(2)13-16)24-28(26,27)20-10-6-9-19(14-20)22(25)23-15-18-7-4-3-5-8-18/h3-14,24H,15H2,1-2H3,(H,23,25). The molecule has 3 aromatic carbocycles. The highest BCUT2D eigenvalue weighted by Gasteiger charge is 2.17. The lowest BCUT2D eigenvalue weighted by Crippen LogP contribution is -2.23. The number of hydrogen-bond donors (Lipinski definition) is 2. The fourth-order valence-corrected chi connectivity index (χ4v) is 3.99. The quantitative estimate of drug-likeness (QED) is 0.663. The fourth-order valence-electron chi connectivity index (χ4n) is 2.82. The van der Waals surface area contributed by atoms with Crippen molar-refractivity contribution in [3.05, 3.63) is 95.1 Å². The van der Waals surface area contributed by atoms with Crippen LogP contribution in [0.2, 0.25) is 0 Å². The Hall–Kier alpha value is -3.12. The lowest BCUT2D eigenvalue weighted by atomic mass is 10.1. The maximum atomic E-state index is 12.8. The maximum Gasteiger partial charge on any atom is 0.261 e. The Morgan fingerprint density at radius 3 is 2.36 bits per heavy atom. The molecule has 0 fully saturated rings. The molecule has 5 nitrogen and oxygen atoms in total. The molecule has 0 heterocycles. The predicted molar refractivity (Wildman–Crippen MR) is 111 cm³/mol. The van der Waals surface area contributed by atoms with E-state index in [4.69, 9.17) is 0 Å². The molecule has 3 aromatic rings. The molecule has 0 aliphatic rings. The second-order valence-electron chi connectivity index (χ2n) is 6.62. The van der Waals surface area contributed by atoms with Gasteiger partial charge in [-0.2, -0.15) is 0 Å². The molecule has 0 saturated heterocycles. The molecule has 144 valence electrons. The summed E-state index contributed by atoms with van der Waals surface area (Å²) in [7, 11) is -3.80. The zero-order valence-corrected chi connectivity index (χ0v) is 16.6. The Bertz CT molecular complexity index is 1090. The van der Waals surface area contributed by atoms with Crippen LogP contribution in [0.25, 0.3) is 0 Å². The number of sulfonamides is 1. The van der Waals surface area contributed by atoms with Crippen LogP contribution in [0.5, 0.6) is 0 Å². The van der Waals surface area contributed by atoms with Crippen LogP contribution in [-0.4, -0.2) is 14.3 Å². The van der Waals surface area contributed by atoms with Crippen LogP contribution in [0.15, 0.2) is 77.7 Å². The Labute approximate surface area is 165 Å². The molecule has 0 aromatic heterocycles. The van der Waals surface area contributed by atoms with Crippen molar-refractivity contribution in [3.8, 4) is 0 Å². The molecule has 6 heteroatoms. The van der Waals surface area contributed by atoms with E-state index in [9.17, 15) is 13.2 Å². The van der Waals surface area contributed by atoms with E-state index in [0.717, 1.165) is 16.7 Å². The normalized spacial score (nSPS) is 11.1. The first kappa shape index (κ1) is 19.6. The number of aryl methyl sites for hydroxylation is 2. The van der Waals surface area contributed by atoms with Crippen molar-refractivity contribution in [2.45, 2.75) is 25.3 Å². The van der Waals surface area contributed by atoms with Crippen molar-refractivity contribution in [1.29, 1.82) is 0 Å². The highest BCUT2D eigenvalue weighted by Crippen LogP contribution is 2.21. The first-order valence-corrected chi connectivity index (χ1v) is 10.4. The summed E-state index contributed by atoms with van der Waals surface area (Å²) in [5.74, 6) is -0.326. The monoisotopic (exact) mass is 394 g/mol. The average Bonchev–Trinajstić information content (AvgIpc) is 2.69. The third-order valence-electron chi connectivity index (χ3n) is 4.33. The molecular formula is C22H22N2O3S. The zero-order valence-electron chi connectivity index (χ0n) is 15.8. The minimum absolute atomic E-state index is 0.0415. The molecule has 2 N–H and O–H groups in total. The summed E-state index contributed by atoms with van der Waals surface area (Å²) in [6.45, 7) is 4.17. The van der Waals surface area contributed by atoms with E-state index in [1.54, 1.807) is 18.2 Å². The number of benzene rings is 3. The Morgan fingerprint density at radius 1 is 0.893 bits per heavy atom. The summed E-state index contributed by atoms with van der Waals surface area (Å²) in [5, 5.41) is 2.80. The van der Waals surface area contributed by atoms with E-state index in [1.807, 2.05) is 56.3 Å². The van der Waals surface area contributed by atoms with Crippen molar-refractivity contribution < 1.29 is 13.2 Å². The van der Waals surface area contributed by atoms with Gasteiger partial charge in [-0.1, -0.05) is 54.1 Å². The van der Waals surface area contributed by atoms with Gasteiger partial charge in [-0.3, -0.25) is 9.52 Å². The van der Waals surface area contributed by atoms with Gasteiger partial charge in [0.1, 0.15) is 0 Å². The third kappa shape index (κ3) is 4.78. The first-order chi connectivity index (χ1) is 13.3. The molecule has 0 saturated carbocycles. The number of rotatable bonds is 6. The van der Waals surface area contributed by atoms with E-state index >= 15 is 0 Å². The van der Waals surface area contributed by atoms with Crippen LogP contribution >= 0.6 is 0 Å². The molecule has 0 aliphatic heterocycles. The van der Waals surface area contributed by atoms with Gasteiger partial charge in [0.05, 0.1) is 10.6 Å². The van der Waals surface area contributed by atoms with Gasteiger partial charge in [0.2, 0.25) is 0 Å². The first-order valence-electron chi connectivity index (χ1n) is 8.87. The van der Waals surface area contributed by atoms with Crippen LogP contribution in [0.3, 0.4) is 0 Å². The van der Waals surface area contributed by atoms with Crippen LogP contribution in [0, 0.1) is 13.8 Å². The van der Waals surface area contributed by atoms with Gasteiger partial charge in [0.15, 0.2) is 0 Å². The predicted octanol–water partition coefficient (Wildman–Crippen LogP) is 4.03. The highest BCUT2D eigenvalue weighted by atomic mass is 32.2. The molecule has 0 spiro atoms. The fraction of sp³-hybridized carbons (Fsp3) is 0.136. The number of anilines is 1. The average molecular weight is 394 g/mol. The van der Waals surface area contributed by atoms with Gasteiger partial charge in [-0.25, -0.2) is 8.42 Å². The van der Waals surface area contributed by atoms with E-state index < -0.39 is 10.0 Å². The Morgan fingerprint density at radius 2 is 1.64 bits per heavy atom. The lowest BCUT2D eigenvalue weighted by Gasteiger charge is -2.12. The van der Waals surface area contributed by atoms with Crippen LogP contribution < -0.4 is 10.0 Å². The molecule has 0 atom stereocenters. The third-order valence-corrected chi connectivity index (χ3v) is 5.69. The number of nitrogens with one attached hydrogen (secondary N) is 2. The van der Waals surface area contributed by atoms with Gasteiger partial charge >= 0.3 is 0 Å². The topological polar surface area (TPSA) is 75.3 Å². The summed E-state index contributed by atoms with van der Waals surface area (Å²) in [6, 6.07) is 21.0. The minimum Gasteiger partial charge on any atom is -0.348 e. The SMILES string of the molecule is Cc1ccc(NS(=O)(=O)c2cccc(C(=O)NCc3ccccc3)c2)c(C)c1. The highest BCUT2D eigenvalue weighted by molar-refractivity contribution is 7.92. The number of carbonyl (C=O) groups is 1. The molecular weight excluding hydrogens is 372 g/mol. The lowest BCUT2D eigenvalue weighted by molar-refractivity contribution is 0.0950. The van der Waals surface area contributed by atoms with Crippen molar-refractivity contribution in [3.63, 3.8) is 0 Å². The van der Waals surface area contributed by atoms with E-state index in [0.29, 0.717) is 17.8 Å². The van der Waals surface area contributed by atoms with Crippen molar-refractivity contribution in [1.82, 2.24) is 5.32 Å². The smallest absolute Gasteiger partial charge is 0.261 e. The second kappa shape index (κ2) is 8.27. The van der Waals surface area contributed by atoms with Gasteiger partial charge in [-0.15, -0.1) is 0 Å². The van der Waals surface area contributed by atoms with Gasteiger partial charge in [0, 0.05) is 12.1 Å². The molecule has 28 heavy (non-hydrogen) atoms. The number of hydrogen-bond acceptors (Lipinski definition) is 3. The van der Waals surface area contributed by atoms with Crippen molar-refractivity contribution in [2.24, 2.45) is 0 Å². The Kier molecular flexibility index (Phi) is 5.80. The van der Waals surface area contributed by atoms with Crippen molar-refractivity contribution in [2.75, 3.05) is 4.72 Å². The Balaban J connectivity index is 1.76. The summed E-state index contributed by atoms with van der Waals surface area (Å²) in [5.41, 5.74) is 3.66. The van der Waals surface area contributed by atoms with Gasteiger partial charge < -0.3 is 5.32 Å². The minimum atomic E-state index is -3.80. The largest absolute Gasteiger partial charge is 0.348 e. The summed E-state index contributed by atoms with van der Waals surface area (Å²) < 4.78 is 28.1. The number of carbonyl (C=O) groups excluding carboxylic acids is 1. The van der Waals surface area contributed by atoms with E-state index in [1.165, 1.54) is 12.1 Å². The zero-order chi connectivity index (χ0) is 20.1. The van der Waals surface area contributed by atoms with Crippen LogP contribution in [-0.2, 0) is 16.6 Å². The van der Waals surface area contributed by atoms with E-state index in [-0.39, 0.29) is 10.8 Å². The van der Waals surface area contributed by atoms with Gasteiger partial charge in [0.25, 0.3) is 15.9 Å². The molecule has 0 radical (unpaired) electrons. The molecule has 3 rings (SSSR count). The summed E-state index contributed by atoms with van der Waals surface area (Å²) in [4.78, 5) is 12.5. The molecule has 0 aliphatic carbocycles. The molecule has 0 unspecified atom stereocenters. The summed E-state index contributed by atoms with van der Waals surface area (Å²) >= 11 is 0. The molecule has 0 bridgehead atoms. The van der Waals surface area contributed by atoms with Crippen LogP contribution in [0.4, 0.5) is 5.69 Å². The van der Waals surface area contributed by atoms with E-state index in [2.05, 4.69) is 10.0 Å². The van der Waals surface area contributed by atoms with Crippen molar-refractivity contribution >= 4 is 21.6 Å². The van der Waals surface area contributed by atoms with Crippen LogP contribution in [0.1, 0.15) is 27.0 Å². The number of amides is 1. The second-order valence-corrected chi connectivity index (χ2v) is 8.30. The van der Waals surface area contributed by atoms with Gasteiger partial charge in [-0.05, 0) is 49.2 Å². The molecule has 1 amide bonds. The summed E-state index contributed by atoms with van der Waals surface area (Å²) in [6.07, 6.45) is 0.